The number of para-hydroxylation sites is 1. The minimum absolute atomic E-state index is 0.292. The minimum atomic E-state index is -0.690. The molecule has 0 saturated heterocycles. The number of amides is 1. The summed E-state index contributed by atoms with van der Waals surface area (Å²) in [6, 6.07) is 20.3. The maximum Gasteiger partial charge on any atom is 0.265 e. The van der Waals surface area contributed by atoms with Gasteiger partial charge in [0.1, 0.15) is 11.5 Å². The van der Waals surface area contributed by atoms with Gasteiger partial charge in [0.05, 0.1) is 5.69 Å². The Hall–Kier alpha value is -2.98. The van der Waals surface area contributed by atoms with Gasteiger partial charge in [-0.1, -0.05) is 35.9 Å². The molecule has 3 rings (SSSR count). The molecule has 0 aliphatic carbocycles. The molecular formula is C23H22ClNO3. The Bertz CT molecular complexity index is 953. The predicted molar refractivity (Wildman–Crippen MR) is 113 cm³/mol. The summed E-state index contributed by atoms with van der Waals surface area (Å²) in [7, 11) is 0. The topological polar surface area (TPSA) is 47.6 Å². The number of aryl methyl sites for hydroxylation is 2. The molecular weight excluding hydrogens is 374 g/mol. The summed E-state index contributed by atoms with van der Waals surface area (Å²) in [5, 5.41) is 3.35. The summed E-state index contributed by atoms with van der Waals surface area (Å²) < 4.78 is 11.7. The monoisotopic (exact) mass is 395 g/mol. The molecule has 28 heavy (non-hydrogen) atoms. The first-order valence-corrected chi connectivity index (χ1v) is 9.37. The van der Waals surface area contributed by atoms with Crippen LogP contribution in [0, 0.1) is 13.8 Å². The molecule has 5 heteroatoms. The molecule has 1 amide bonds. The van der Waals surface area contributed by atoms with Gasteiger partial charge in [0, 0.05) is 5.02 Å². The third-order valence-corrected chi connectivity index (χ3v) is 4.28. The molecule has 3 aromatic rings. The quantitative estimate of drug-likeness (QED) is 0.544. The van der Waals surface area contributed by atoms with E-state index in [4.69, 9.17) is 21.1 Å². The first kappa shape index (κ1) is 19.8. The lowest BCUT2D eigenvalue weighted by molar-refractivity contribution is -0.122. The van der Waals surface area contributed by atoms with Crippen LogP contribution in [0.2, 0.25) is 5.02 Å². The van der Waals surface area contributed by atoms with Crippen molar-refractivity contribution in [3.05, 3.63) is 82.9 Å². The lowest BCUT2D eigenvalue weighted by atomic mass is 10.1. The number of hydrogen-bond donors (Lipinski definition) is 1. The van der Waals surface area contributed by atoms with Crippen molar-refractivity contribution in [2.45, 2.75) is 26.9 Å². The normalized spacial score (nSPS) is 11.6. The van der Waals surface area contributed by atoms with E-state index >= 15 is 0 Å². The molecule has 1 N–H and O–H groups in total. The maximum absolute atomic E-state index is 12.7. The van der Waals surface area contributed by atoms with Gasteiger partial charge in [0.2, 0.25) is 0 Å². The average molecular weight is 396 g/mol. The largest absolute Gasteiger partial charge is 0.481 e. The molecule has 0 fully saturated rings. The van der Waals surface area contributed by atoms with Crippen molar-refractivity contribution in [1.82, 2.24) is 0 Å². The first-order chi connectivity index (χ1) is 13.4. The highest BCUT2D eigenvalue weighted by molar-refractivity contribution is 6.31. The number of carbonyl (C=O) groups excluding carboxylic acids is 1. The van der Waals surface area contributed by atoms with Gasteiger partial charge in [0.15, 0.2) is 11.9 Å². The highest BCUT2D eigenvalue weighted by Crippen LogP contribution is 2.32. The molecule has 0 saturated carbocycles. The van der Waals surface area contributed by atoms with Crippen LogP contribution in [0.15, 0.2) is 66.7 Å². The van der Waals surface area contributed by atoms with E-state index in [1.807, 2.05) is 56.3 Å². The van der Waals surface area contributed by atoms with Gasteiger partial charge in [0.25, 0.3) is 5.91 Å². The molecule has 3 aromatic carbocycles. The van der Waals surface area contributed by atoms with Crippen LogP contribution in [-0.2, 0) is 4.79 Å². The van der Waals surface area contributed by atoms with Crippen LogP contribution < -0.4 is 14.8 Å². The van der Waals surface area contributed by atoms with E-state index in [-0.39, 0.29) is 5.91 Å². The molecule has 0 unspecified atom stereocenters. The zero-order valence-electron chi connectivity index (χ0n) is 16.0. The van der Waals surface area contributed by atoms with E-state index < -0.39 is 6.10 Å². The van der Waals surface area contributed by atoms with Crippen LogP contribution in [0.4, 0.5) is 5.69 Å². The Kier molecular flexibility index (Phi) is 6.22. The van der Waals surface area contributed by atoms with E-state index in [9.17, 15) is 4.79 Å². The van der Waals surface area contributed by atoms with Crippen LogP contribution in [0.3, 0.4) is 0 Å². The van der Waals surface area contributed by atoms with Gasteiger partial charge in [-0.05, 0) is 74.4 Å². The summed E-state index contributed by atoms with van der Waals surface area (Å²) in [6.45, 7) is 5.68. The SMILES string of the molecule is Cc1cc(C)cc(O[C@@H](C)C(=O)Nc2cc(Cl)ccc2Oc2ccccc2)c1. The molecule has 144 valence electrons. The number of ether oxygens (including phenoxy) is 2. The van der Waals surface area contributed by atoms with Gasteiger partial charge in [-0.3, -0.25) is 4.79 Å². The standard InChI is InChI=1S/C23H22ClNO3/c1-15-11-16(2)13-20(12-15)27-17(3)23(26)25-21-14-18(24)9-10-22(21)28-19-7-5-4-6-8-19/h4-14,17H,1-3H3,(H,25,26)/t17-/m0/s1. The average Bonchev–Trinajstić information content (AvgIpc) is 2.64. The summed E-state index contributed by atoms with van der Waals surface area (Å²) in [4.78, 5) is 12.7. The van der Waals surface area contributed by atoms with Gasteiger partial charge < -0.3 is 14.8 Å². The predicted octanol–water partition coefficient (Wildman–Crippen LogP) is 6.16. The van der Waals surface area contributed by atoms with E-state index in [1.54, 1.807) is 25.1 Å². The van der Waals surface area contributed by atoms with E-state index in [0.717, 1.165) is 11.1 Å². The van der Waals surface area contributed by atoms with Crippen LogP contribution in [0.1, 0.15) is 18.1 Å². The lowest BCUT2D eigenvalue weighted by Crippen LogP contribution is -2.30. The van der Waals surface area contributed by atoms with Gasteiger partial charge >= 0.3 is 0 Å². The zero-order chi connectivity index (χ0) is 20.1. The van der Waals surface area contributed by atoms with Crippen molar-refractivity contribution in [3.63, 3.8) is 0 Å². The summed E-state index contributed by atoms with van der Waals surface area (Å²) in [6.07, 6.45) is -0.690. The Morgan fingerprint density at radius 1 is 0.929 bits per heavy atom. The summed E-state index contributed by atoms with van der Waals surface area (Å²) in [5.74, 6) is 1.54. The lowest BCUT2D eigenvalue weighted by Gasteiger charge is -2.17. The number of nitrogens with one attached hydrogen (secondary N) is 1. The zero-order valence-corrected chi connectivity index (χ0v) is 16.8. The third-order valence-electron chi connectivity index (χ3n) is 4.05. The summed E-state index contributed by atoms with van der Waals surface area (Å²) >= 11 is 6.11. The fraction of sp³-hybridized carbons (Fsp3) is 0.174. The number of carbonyl (C=O) groups is 1. The highest BCUT2D eigenvalue weighted by Gasteiger charge is 2.18. The second kappa shape index (κ2) is 8.81. The van der Waals surface area contributed by atoms with Gasteiger partial charge in [-0.2, -0.15) is 0 Å². The van der Waals surface area contributed by atoms with Crippen molar-refractivity contribution < 1.29 is 14.3 Å². The summed E-state index contributed by atoms with van der Waals surface area (Å²) in [5.41, 5.74) is 2.64. The molecule has 0 aromatic heterocycles. The van der Waals surface area contributed by atoms with E-state index in [0.29, 0.717) is 28.0 Å². The number of rotatable bonds is 6. The molecule has 0 aliphatic rings. The van der Waals surface area contributed by atoms with Crippen molar-refractivity contribution in [3.8, 4) is 17.2 Å². The van der Waals surface area contributed by atoms with Crippen molar-refractivity contribution in [1.29, 1.82) is 0 Å². The molecule has 0 radical (unpaired) electrons. The number of benzene rings is 3. The first-order valence-electron chi connectivity index (χ1n) is 8.99. The fourth-order valence-electron chi connectivity index (χ4n) is 2.80. The van der Waals surface area contributed by atoms with Crippen molar-refractivity contribution in [2.75, 3.05) is 5.32 Å². The molecule has 0 spiro atoms. The Labute approximate surface area is 170 Å². The Balaban J connectivity index is 1.74. The number of anilines is 1. The minimum Gasteiger partial charge on any atom is -0.481 e. The van der Waals surface area contributed by atoms with Crippen LogP contribution in [0.25, 0.3) is 0 Å². The molecule has 0 heterocycles. The second-order valence-electron chi connectivity index (χ2n) is 6.63. The smallest absolute Gasteiger partial charge is 0.265 e. The van der Waals surface area contributed by atoms with Gasteiger partial charge in [-0.25, -0.2) is 0 Å². The van der Waals surface area contributed by atoms with E-state index in [2.05, 4.69) is 11.4 Å². The van der Waals surface area contributed by atoms with Crippen LogP contribution >= 0.6 is 11.6 Å². The van der Waals surface area contributed by atoms with Crippen molar-refractivity contribution >= 4 is 23.2 Å². The van der Waals surface area contributed by atoms with Gasteiger partial charge in [-0.15, -0.1) is 0 Å². The second-order valence-corrected chi connectivity index (χ2v) is 7.06. The Morgan fingerprint density at radius 3 is 2.29 bits per heavy atom. The molecule has 0 aliphatic heterocycles. The Morgan fingerprint density at radius 2 is 1.61 bits per heavy atom. The molecule has 4 nitrogen and oxygen atoms in total. The van der Waals surface area contributed by atoms with Crippen molar-refractivity contribution in [2.24, 2.45) is 0 Å². The number of halogens is 1. The fourth-order valence-corrected chi connectivity index (χ4v) is 2.97. The van der Waals surface area contributed by atoms with Crippen LogP contribution in [-0.4, -0.2) is 12.0 Å². The van der Waals surface area contributed by atoms with Crippen LogP contribution in [0.5, 0.6) is 17.2 Å². The van der Waals surface area contributed by atoms with E-state index in [1.165, 1.54) is 0 Å². The molecule has 0 bridgehead atoms. The maximum atomic E-state index is 12.7. The number of hydrogen-bond acceptors (Lipinski definition) is 3. The highest BCUT2D eigenvalue weighted by atomic mass is 35.5. The third kappa shape index (κ3) is 5.27. The molecule has 1 atom stereocenters.